The maximum atomic E-state index is 11.9. The van der Waals surface area contributed by atoms with Crippen LogP contribution in [-0.2, 0) is 16.1 Å². The molecule has 5 nitrogen and oxygen atoms in total. The van der Waals surface area contributed by atoms with E-state index >= 15 is 0 Å². The highest BCUT2D eigenvalue weighted by molar-refractivity contribution is 5.87. The first kappa shape index (κ1) is 13.8. The van der Waals surface area contributed by atoms with E-state index in [1.165, 1.54) is 13.3 Å². The Labute approximate surface area is 123 Å². The van der Waals surface area contributed by atoms with Gasteiger partial charge in [0.15, 0.2) is 0 Å². The van der Waals surface area contributed by atoms with Crippen LogP contribution >= 0.6 is 0 Å². The lowest BCUT2D eigenvalue weighted by atomic mass is 9.86. The number of hydrogen-bond donors (Lipinski definition) is 0. The molecule has 0 amide bonds. The van der Waals surface area contributed by atoms with Crippen molar-refractivity contribution in [1.82, 2.24) is 9.55 Å². The minimum atomic E-state index is -0.447. The van der Waals surface area contributed by atoms with Crippen LogP contribution in [0.15, 0.2) is 36.8 Å². The van der Waals surface area contributed by atoms with Gasteiger partial charge in [-0.05, 0) is 25.0 Å². The molecule has 0 N–H and O–H groups in total. The molecule has 0 saturated carbocycles. The monoisotopic (exact) mass is 286 g/mol. The van der Waals surface area contributed by atoms with Gasteiger partial charge in [-0.3, -0.25) is 0 Å². The van der Waals surface area contributed by atoms with Gasteiger partial charge in [-0.15, -0.1) is 0 Å². The first-order valence-corrected chi connectivity index (χ1v) is 6.86. The predicted molar refractivity (Wildman–Crippen MR) is 77.0 cm³/mol. The number of hydrogen-bond acceptors (Lipinski definition) is 4. The van der Waals surface area contributed by atoms with Gasteiger partial charge in [-0.1, -0.05) is 24.3 Å². The normalized spacial score (nSPS) is 19.9. The van der Waals surface area contributed by atoms with E-state index in [0.29, 0.717) is 12.3 Å². The summed E-state index contributed by atoms with van der Waals surface area (Å²) in [6, 6.07) is 7.99. The van der Waals surface area contributed by atoms with Crippen molar-refractivity contribution in [2.75, 3.05) is 7.11 Å². The van der Waals surface area contributed by atoms with Crippen LogP contribution in [-0.4, -0.2) is 28.2 Å². The van der Waals surface area contributed by atoms with Gasteiger partial charge < -0.3 is 14.0 Å². The average molecular weight is 286 g/mol. The molecular formula is C16H18N2O3. The van der Waals surface area contributed by atoms with Crippen molar-refractivity contribution in [3.8, 4) is 0 Å². The van der Waals surface area contributed by atoms with Gasteiger partial charge >= 0.3 is 5.97 Å². The first-order chi connectivity index (χ1) is 10.0. The number of carbonyl (C=O) groups is 1. The van der Waals surface area contributed by atoms with Gasteiger partial charge in [-0.2, -0.15) is 0 Å². The number of esters is 1. The van der Waals surface area contributed by atoms with E-state index < -0.39 is 11.6 Å². The Morgan fingerprint density at radius 1 is 1.43 bits per heavy atom. The van der Waals surface area contributed by atoms with Crippen molar-refractivity contribution in [2.45, 2.75) is 32.1 Å². The van der Waals surface area contributed by atoms with Gasteiger partial charge in [0, 0.05) is 0 Å². The molecule has 1 atom stereocenters. The van der Waals surface area contributed by atoms with Crippen molar-refractivity contribution in [1.29, 1.82) is 0 Å². The molecule has 0 spiro atoms. The fraction of sp³-hybridized carbons (Fsp3) is 0.375. The van der Waals surface area contributed by atoms with E-state index in [4.69, 9.17) is 9.47 Å². The van der Waals surface area contributed by atoms with Crippen LogP contribution < -0.4 is 0 Å². The number of ether oxygens (including phenoxy) is 2. The molecule has 0 aliphatic carbocycles. The number of rotatable bonds is 2. The molecule has 2 aromatic rings. The summed E-state index contributed by atoms with van der Waals surface area (Å²) >= 11 is 0. The topological polar surface area (TPSA) is 53.3 Å². The Morgan fingerprint density at radius 3 is 2.95 bits per heavy atom. The van der Waals surface area contributed by atoms with Crippen molar-refractivity contribution in [3.05, 3.63) is 53.6 Å². The molecule has 21 heavy (non-hydrogen) atoms. The summed E-state index contributed by atoms with van der Waals surface area (Å²) in [4.78, 5) is 16.0. The number of methoxy groups -OCH3 is 1. The molecule has 110 valence electrons. The van der Waals surface area contributed by atoms with Gasteiger partial charge in [-0.25, -0.2) is 9.78 Å². The summed E-state index contributed by atoms with van der Waals surface area (Å²) < 4.78 is 12.7. The quantitative estimate of drug-likeness (QED) is 0.796. The Hall–Kier alpha value is -2.14. The van der Waals surface area contributed by atoms with E-state index in [-0.39, 0.29) is 6.04 Å². The molecule has 1 unspecified atom stereocenters. The minimum Gasteiger partial charge on any atom is -0.464 e. The number of fused-ring (bicyclic) bond motifs is 1. The first-order valence-electron chi connectivity index (χ1n) is 6.86. The lowest BCUT2D eigenvalue weighted by Gasteiger charge is -2.41. The Kier molecular flexibility index (Phi) is 3.29. The predicted octanol–water partition coefficient (Wildman–Crippen LogP) is 2.57. The van der Waals surface area contributed by atoms with Crippen LogP contribution in [0.3, 0.4) is 0 Å². The van der Waals surface area contributed by atoms with Crippen molar-refractivity contribution in [2.24, 2.45) is 0 Å². The van der Waals surface area contributed by atoms with E-state index in [0.717, 1.165) is 11.1 Å². The lowest BCUT2D eigenvalue weighted by Crippen LogP contribution is -2.41. The lowest BCUT2D eigenvalue weighted by molar-refractivity contribution is -0.0690. The van der Waals surface area contributed by atoms with Gasteiger partial charge in [0.25, 0.3) is 0 Å². The average Bonchev–Trinajstić information content (AvgIpc) is 2.94. The number of nitrogens with zero attached hydrogens (tertiary/aromatic N) is 2. The second-order valence-corrected chi connectivity index (χ2v) is 5.67. The van der Waals surface area contributed by atoms with E-state index in [2.05, 4.69) is 11.1 Å². The second-order valence-electron chi connectivity index (χ2n) is 5.67. The van der Waals surface area contributed by atoms with Crippen molar-refractivity contribution >= 4 is 5.97 Å². The van der Waals surface area contributed by atoms with Crippen LogP contribution in [0.4, 0.5) is 0 Å². The zero-order chi connectivity index (χ0) is 15.0. The van der Waals surface area contributed by atoms with E-state index in [1.807, 2.05) is 36.6 Å². The summed E-state index contributed by atoms with van der Waals surface area (Å²) in [7, 11) is 1.37. The van der Waals surface area contributed by atoms with E-state index in [1.54, 1.807) is 6.33 Å². The number of carbonyl (C=O) groups excluding carboxylic acids is 1. The maximum absolute atomic E-state index is 11.9. The third-order valence-corrected chi connectivity index (χ3v) is 3.95. The van der Waals surface area contributed by atoms with Crippen LogP contribution in [0.5, 0.6) is 0 Å². The fourth-order valence-corrected chi connectivity index (χ4v) is 2.91. The van der Waals surface area contributed by atoms with E-state index in [9.17, 15) is 4.79 Å². The highest BCUT2D eigenvalue weighted by Crippen LogP contribution is 2.40. The van der Waals surface area contributed by atoms with Gasteiger partial charge in [0.05, 0.1) is 37.9 Å². The third-order valence-electron chi connectivity index (χ3n) is 3.95. The largest absolute Gasteiger partial charge is 0.464 e. The minimum absolute atomic E-state index is 0.126. The smallest absolute Gasteiger partial charge is 0.356 e. The maximum Gasteiger partial charge on any atom is 0.356 e. The molecule has 2 heterocycles. The van der Waals surface area contributed by atoms with Crippen LogP contribution in [0.1, 0.15) is 41.5 Å². The van der Waals surface area contributed by atoms with Gasteiger partial charge in [0.1, 0.15) is 5.69 Å². The molecule has 1 aromatic carbocycles. The summed E-state index contributed by atoms with van der Waals surface area (Å²) in [5.41, 5.74) is 2.26. The molecule has 0 fully saturated rings. The molecule has 0 bridgehead atoms. The second kappa shape index (κ2) is 5.00. The summed E-state index contributed by atoms with van der Waals surface area (Å²) in [6.07, 6.45) is 3.18. The number of benzene rings is 1. The van der Waals surface area contributed by atoms with Crippen molar-refractivity contribution < 1.29 is 14.3 Å². The molecule has 1 aliphatic rings. The molecule has 0 radical (unpaired) electrons. The van der Waals surface area contributed by atoms with Crippen LogP contribution in [0.2, 0.25) is 0 Å². The molecule has 1 aromatic heterocycles. The summed E-state index contributed by atoms with van der Waals surface area (Å²) in [6.45, 7) is 4.62. The fourth-order valence-electron chi connectivity index (χ4n) is 2.91. The van der Waals surface area contributed by atoms with Crippen LogP contribution in [0.25, 0.3) is 0 Å². The van der Waals surface area contributed by atoms with Crippen molar-refractivity contribution in [3.63, 3.8) is 0 Å². The Morgan fingerprint density at radius 2 is 2.19 bits per heavy atom. The summed E-state index contributed by atoms with van der Waals surface area (Å²) in [5.74, 6) is -0.397. The highest BCUT2D eigenvalue weighted by atomic mass is 16.5. The zero-order valence-electron chi connectivity index (χ0n) is 12.4. The highest BCUT2D eigenvalue weighted by Gasteiger charge is 2.39. The third kappa shape index (κ3) is 2.23. The molecular weight excluding hydrogens is 268 g/mol. The Bertz CT molecular complexity index is 676. The standard InChI is InChI=1S/C16H18N2O3/c1-16(2)14(12-7-5-4-6-11(12)9-21-16)18-10-17-8-13(18)15(19)20-3/h4-8,10,14H,9H2,1-3H3. The molecule has 0 saturated heterocycles. The summed E-state index contributed by atoms with van der Waals surface area (Å²) in [5, 5.41) is 0. The SMILES string of the molecule is COC(=O)c1cncn1C1c2ccccc2COC1(C)C. The van der Waals surface area contributed by atoms with Crippen LogP contribution in [0, 0.1) is 0 Å². The zero-order valence-corrected chi connectivity index (χ0v) is 12.4. The van der Waals surface area contributed by atoms with Gasteiger partial charge in [0.2, 0.25) is 0 Å². The molecule has 5 heteroatoms. The Balaban J connectivity index is 2.16. The molecule has 1 aliphatic heterocycles. The number of imidazole rings is 1. The number of aromatic nitrogens is 2. The molecule has 3 rings (SSSR count).